The number of anilines is 1. The van der Waals surface area contributed by atoms with Crippen LogP contribution in [0.2, 0.25) is 0 Å². The van der Waals surface area contributed by atoms with Crippen LogP contribution in [0.25, 0.3) is 0 Å². The number of hydrogen-bond donors (Lipinski definition) is 2. The summed E-state index contributed by atoms with van der Waals surface area (Å²) in [4.78, 5) is 0. The largest absolute Gasteiger partial charge is 0.503 e. The summed E-state index contributed by atoms with van der Waals surface area (Å²) in [7, 11) is 1.33. The third-order valence-corrected chi connectivity index (χ3v) is 3.38. The number of phenols is 1. The molecule has 0 saturated heterocycles. The van der Waals surface area contributed by atoms with Gasteiger partial charge in [0, 0.05) is 6.07 Å². The van der Waals surface area contributed by atoms with E-state index in [1.165, 1.54) is 19.2 Å². The van der Waals surface area contributed by atoms with Crippen LogP contribution in [0.5, 0.6) is 11.5 Å². The van der Waals surface area contributed by atoms with E-state index in [4.69, 9.17) is 4.74 Å². The van der Waals surface area contributed by atoms with Crippen molar-refractivity contribution in [2.24, 2.45) is 5.10 Å². The number of ether oxygens (including phenoxy) is 1. The molecule has 0 atom stereocenters. The average molecular weight is 393 g/mol. The Morgan fingerprint density at radius 1 is 1.13 bits per heavy atom. The van der Waals surface area contributed by atoms with E-state index >= 15 is 0 Å². The average Bonchev–Trinajstić information content (AvgIpc) is 2.52. The van der Waals surface area contributed by atoms with Crippen LogP contribution in [0.15, 0.2) is 27.8 Å². The quantitative estimate of drug-likeness (QED) is 0.355. The number of hydrogen-bond acceptors (Lipinski definition) is 4. The second-order valence-electron chi connectivity index (χ2n) is 4.27. The van der Waals surface area contributed by atoms with Crippen molar-refractivity contribution in [3.8, 4) is 11.5 Å². The zero-order valence-electron chi connectivity index (χ0n) is 11.5. The molecular formula is C14H9BrF4N2O2. The van der Waals surface area contributed by atoms with Crippen LogP contribution in [0.3, 0.4) is 0 Å². The topological polar surface area (TPSA) is 53.8 Å². The molecule has 0 fully saturated rings. The highest BCUT2D eigenvalue weighted by Crippen LogP contribution is 2.34. The Hall–Kier alpha value is -2.29. The molecule has 0 unspecified atom stereocenters. The summed E-state index contributed by atoms with van der Waals surface area (Å²) in [5.74, 6) is -6.28. The molecule has 23 heavy (non-hydrogen) atoms. The highest BCUT2D eigenvalue weighted by atomic mass is 79.9. The predicted octanol–water partition coefficient (Wildman–Crippen LogP) is 4.17. The summed E-state index contributed by atoms with van der Waals surface area (Å²) in [6.07, 6.45) is 1.12. The third-order valence-electron chi connectivity index (χ3n) is 2.77. The van der Waals surface area contributed by atoms with Crippen LogP contribution in [0.1, 0.15) is 5.56 Å². The highest BCUT2D eigenvalue weighted by Gasteiger charge is 2.18. The minimum atomic E-state index is -1.59. The molecule has 9 heteroatoms. The fourth-order valence-corrected chi connectivity index (χ4v) is 2.13. The molecule has 0 aromatic heterocycles. The molecule has 0 amide bonds. The van der Waals surface area contributed by atoms with Crippen LogP contribution >= 0.6 is 15.9 Å². The lowest BCUT2D eigenvalue weighted by molar-refractivity contribution is 0.372. The van der Waals surface area contributed by atoms with E-state index in [0.29, 0.717) is 10.0 Å². The minimum absolute atomic E-state index is 0.0987. The third kappa shape index (κ3) is 3.55. The fourth-order valence-electron chi connectivity index (χ4n) is 1.67. The zero-order valence-corrected chi connectivity index (χ0v) is 13.1. The summed E-state index contributed by atoms with van der Waals surface area (Å²) in [6, 6.07) is 2.94. The summed E-state index contributed by atoms with van der Waals surface area (Å²) >= 11 is 3.09. The van der Waals surface area contributed by atoms with Gasteiger partial charge in [-0.1, -0.05) is 0 Å². The number of nitrogens with one attached hydrogen (secondary N) is 1. The molecule has 0 aliphatic heterocycles. The van der Waals surface area contributed by atoms with E-state index in [1.807, 2.05) is 5.43 Å². The first-order valence-corrected chi connectivity index (χ1v) is 6.83. The van der Waals surface area contributed by atoms with Gasteiger partial charge in [0.15, 0.2) is 34.8 Å². The standard InChI is InChI=1S/C14H9BrF4N2O2/c1-23-10-3-6(2-7(15)14(10)22)5-20-21-13-11(18)8(16)4-9(17)12(13)19/h2-5,21-22H,1H3. The van der Waals surface area contributed by atoms with Gasteiger partial charge in [-0.2, -0.15) is 5.10 Å². The van der Waals surface area contributed by atoms with Gasteiger partial charge < -0.3 is 9.84 Å². The van der Waals surface area contributed by atoms with Crippen molar-refractivity contribution in [3.63, 3.8) is 0 Å². The summed E-state index contributed by atoms with van der Waals surface area (Å²) in [5, 5.41) is 13.2. The first-order chi connectivity index (χ1) is 10.8. The van der Waals surface area contributed by atoms with E-state index < -0.39 is 29.0 Å². The van der Waals surface area contributed by atoms with E-state index in [2.05, 4.69) is 21.0 Å². The molecule has 2 N–H and O–H groups in total. The van der Waals surface area contributed by atoms with Crippen LogP contribution in [0.4, 0.5) is 23.2 Å². The van der Waals surface area contributed by atoms with E-state index in [9.17, 15) is 22.7 Å². The van der Waals surface area contributed by atoms with Gasteiger partial charge in [-0.05, 0) is 33.6 Å². The first-order valence-electron chi connectivity index (χ1n) is 6.03. The molecule has 4 nitrogen and oxygen atoms in total. The molecule has 0 spiro atoms. The van der Waals surface area contributed by atoms with Gasteiger partial charge >= 0.3 is 0 Å². The van der Waals surface area contributed by atoms with Gasteiger partial charge in [-0.3, -0.25) is 5.43 Å². The molecule has 0 heterocycles. The normalized spacial score (nSPS) is 11.0. The van der Waals surface area contributed by atoms with Crippen LogP contribution in [0, 0.1) is 23.3 Å². The van der Waals surface area contributed by atoms with Crippen LogP contribution in [-0.4, -0.2) is 18.4 Å². The number of phenolic OH excluding ortho intramolecular Hbond substituents is 1. The zero-order chi connectivity index (χ0) is 17.1. The number of halogens is 5. The Balaban J connectivity index is 2.28. The molecule has 0 aliphatic rings. The van der Waals surface area contributed by atoms with Crippen molar-refractivity contribution in [1.82, 2.24) is 0 Å². The molecular weight excluding hydrogens is 384 g/mol. The van der Waals surface area contributed by atoms with Crippen LogP contribution < -0.4 is 10.2 Å². The van der Waals surface area contributed by atoms with E-state index in [-0.39, 0.29) is 17.6 Å². The molecule has 2 aromatic rings. The van der Waals surface area contributed by atoms with Gasteiger partial charge in [-0.25, -0.2) is 17.6 Å². The lowest BCUT2D eigenvalue weighted by Gasteiger charge is -2.07. The second kappa shape index (κ2) is 6.86. The summed E-state index contributed by atoms with van der Waals surface area (Å²) < 4.78 is 58.2. The van der Waals surface area contributed by atoms with Crippen LogP contribution in [-0.2, 0) is 0 Å². The van der Waals surface area contributed by atoms with Crippen molar-refractivity contribution < 1.29 is 27.4 Å². The second-order valence-corrected chi connectivity index (χ2v) is 5.12. The van der Waals surface area contributed by atoms with E-state index in [1.54, 1.807) is 0 Å². The molecule has 0 saturated carbocycles. The smallest absolute Gasteiger partial charge is 0.186 e. The van der Waals surface area contributed by atoms with Gasteiger partial charge in [0.25, 0.3) is 0 Å². The predicted molar refractivity (Wildman–Crippen MR) is 79.8 cm³/mol. The number of nitrogens with zero attached hydrogens (tertiary/aromatic N) is 1. The Bertz CT molecular complexity index is 758. The number of hydrazone groups is 1. The van der Waals surface area contributed by atoms with Gasteiger partial charge in [0.2, 0.25) is 0 Å². The van der Waals surface area contributed by atoms with Gasteiger partial charge in [-0.15, -0.1) is 0 Å². The van der Waals surface area contributed by atoms with Crippen molar-refractivity contribution in [2.45, 2.75) is 0 Å². The molecule has 2 aromatic carbocycles. The lowest BCUT2D eigenvalue weighted by Crippen LogP contribution is -2.02. The number of rotatable bonds is 4. The van der Waals surface area contributed by atoms with E-state index in [0.717, 1.165) is 6.21 Å². The van der Waals surface area contributed by atoms with Crippen molar-refractivity contribution in [2.75, 3.05) is 12.5 Å². The summed E-state index contributed by atoms with van der Waals surface area (Å²) in [6.45, 7) is 0. The Morgan fingerprint density at radius 3 is 2.30 bits per heavy atom. The maximum Gasteiger partial charge on any atom is 0.186 e. The maximum atomic E-state index is 13.4. The molecule has 0 radical (unpaired) electrons. The molecule has 2 rings (SSSR count). The number of methoxy groups -OCH3 is 1. The first kappa shape index (κ1) is 17.1. The Kier molecular flexibility index (Phi) is 5.09. The lowest BCUT2D eigenvalue weighted by atomic mass is 10.2. The van der Waals surface area contributed by atoms with Crippen molar-refractivity contribution >= 4 is 27.8 Å². The minimum Gasteiger partial charge on any atom is -0.503 e. The highest BCUT2D eigenvalue weighted by molar-refractivity contribution is 9.10. The number of aromatic hydroxyl groups is 1. The maximum absolute atomic E-state index is 13.4. The SMILES string of the molecule is COc1cc(C=NNc2c(F)c(F)cc(F)c2F)cc(Br)c1O. The monoisotopic (exact) mass is 392 g/mol. The van der Waals surface area contributed by atoms with Gasteiger partial charge in [0.05, 0.1) is 17.8 Å². The van der Waals surface area contributed by atoms with Crippen molar-refractivity contribution in [3.05, 3.63) is 51.5 Å². The molecule has 122 valence electrons. The van der Waals surface area contributed by atoms with Gasteiger partial charge in [0.1, 0.15) is 5.69 Å². The number of benzene rings is 2. The molecule has 0 aliphatic carbocycles. The summed E-state index contributed by atoms with van der Waals surface area (Å²) in [5.41, 5.74) is 1.24. The Morgan fingerprint density at radius 2 is 1.74 bits per heavy atom. The fraction of sp³-hybridized carbons (Fsp3) is 0.0714. The molecule has 0 bridgehead atoms. The Labute approximate surface area is 136 Å². The van der Waals surface area contributed by atoms with Crippen molar-refractivity contribution in [1.29, 1.82) is 0 Å².